The van der Waals surface area contributed by atoms with Crippen LogP contribution in [-0.4, -0.2) is 6.54 Å². The fourth-order valence-corrected chi connectivity index (χ4v) is 2.14. The Labute approximate surface area is 92.9 Å². The van der Waals surface area contributed by atoms with Crippen LogP contribution >= 0.6 is 0 Å². The Balaban J connectivity index is 1.64. The Hall–Kier alpha value is -0.820. The first kappa shape index (κ1) is 10.7. The monoisotopic (exact) mass is 203 g/mol. The molecule has 1 saturated carbocycles. The lowest BCUT2D eigenvalue weighted by molar-refractivity contribution is 0.292. The Morgan fingerprint density at radius 3 is 2.87 bits per heavy atom. The standard InChI is InChI=1S/C14H21N/c1-12-4-2-7-14(10-12)11-15-9-8-13-5-3-6-13/h2,4,7,10,13,15H,3,5-6,8-9,11H2,1H3. The zero-order chi connectivity index (χ0) is 10.5. The Bertz CT molecular complexity index is 302. The van der Waals surface area contributed by atoms with Gasteiger partial charge < -0.3 is 5.32 Å². The third-order valence-electron chi connectivity index (χ3n) is 3.37. The van der Waals surface area contributed by atoms with Gasteiger partial charge in [0.15, 0.2) is 0 Å². The normalized spacial score (nSPS) is 16.3. The summed E-state index contributed by atoms with van der Waals surface area (Å²) in [6.07, 6.45) is 5.76. The van der Waals surface area contributed by atoms with Crippen molar-refractivity contribution in [2.75, 3.05) is 6.54 Å². The Morgan fingerprint density at radius 2 is 2.20 bits per heavy atom. The van der Waals surface area contributed by atoms with Gasteiger partial charge >= 0.3 is 0 Å². The highest BCUT2D eigenvalue weighted by Crippen LogP contribution is 2.28. The maximum atomic E-state index is 3.53. The maximum absolute atomic E-state index is 3.53. The molecule has 1 nitrogen and oxygen atoms in total. The molecule has 1 aromatic carbocycles. The van der Waals surface area contributed by atoms with Crippen molar-refractivity contribution >= 4 is 0 Å². The van der Waals surface area contributed by atoms with Crippen LogP contribution in [-0.2, 0) is 6.54 Å². The largest absolute Gasteiger partial charge is 0.313 e. The first-order chi connectivity index (χ1) is 7.34. The molecule has 1 fully saturated rings. The second-order valence-electron chi connectivity index (χ2n) is 4.75. The number of hydrogen-bond acceptors (Lipinski definition) is 1. The van der Waals surface area contributed by atoms with Crippen molar-refractivity contribution in [1.29, 1.82) is 0 Å². The molecule has 0 bridgehead atoms. The topological polar surface area (TPSA) is 12.0 Å². The van der Waals surface area contributed by atoms with E-state index in [1.165, 1.54) is 43.4 Å². The number of aryl methyl sites for hydroxylation is 1. The molecule has 0 amide bonds. The number of hydrogen-bond donors (Lipinski definition) is 1. The van der Waals surface area contributed by atoms with Crippen molar-refractivity contribution in [2.45, 2.75) is 39.2 Å². The highest BCUT2D eigenvalue weighted by Gasteiger charge is 2.15. The fourth-order valence-electron chi connectivity index (χ4n) is 2.14. The molecule has 1 heteroatoms. The van der Waals surface area contributed by atoms with Crippen LogP contribution in [0.25, 0.3) is 0 Å². The van der Waals surface area contributed by atoms with Crippen molar-refractivity contribution in [3.05, 3.63) is 35.4 Å². The van der Waals surface area contributed by atoms with Crippen LogP contribution in [0.1, 0.15) is 36.8 Å². The smallest absolute Gasteiger partial charge is 0.0205 e. The summed E-state index contributed by atoms with van der Waals surface area (Å²) < 4.78 is 0. The molecule has 1 aliphatic rings. The van der Waals surface area contributed by atoms with Crippen LogP contribution in [0.4, 0.5) is 0 Å². The minimum absolute atomic E-state index is 1.02. The summed E-state index contributed by atoms with van der Waals surface area (Å²) in [4.78, 5) is 0. The van der Waals surface area contributed by atoms with E-state index in [2.05, 4.69) is 36.5 Å². The molecule has 1 N–H and O–H groups in total. The zero-order valence-corrected chi connectivity index (χ0v) is 9.63. The molecular weight excluding hydrogens is 182 g/mol. The van der Waals surface area contributed by atoms with Gasteiger partial charge in [-0.2, -0.15) is 0 Å². The molecule has 1 aliphatic carbocycles. The third-order valence-corrected chi connectivity index (χ3v) is 3.37. The third kappa shape index (κ3) is 3.35. The van der Waals surface area contributed by atoms with E-state index in [9.17, 15) is 0 Å². The van der Waals surface area contributed by atoms with Crippen molar-refractivity contribution < 1.29 is 0 Å². The summed E-state index contributed by atoms with van der Waals surface area (Å²) in [5.74, 6) is 1.02. The van der Waals surface area contributed by atoms with Crippen LogP contribution in [0.15, 0.2) is 24.3 Å². The zero-order valence-electron chi connectivity index (χ0n) is 9.63. The summed E-state index contributed by atoms with van der Waals surface area (Å²) in [6.45, 7) is 4.35. The lowest BCUT2D eigenvalue weighted by Gasteiger charge is -2.25. The van der Waals surface area contributed by atoms with Gasteiger partial charge in [-0.3, -0.25) is 0 Å². The molecule has 0 aliphatic heterocycles. The van der Waals surface area contributed by atoms with Gasteiger partial charge in [-0.1, -0.05) is 49.1 Å². The van der Waals surface area contributed by atoms with Crippen LogP contribution in [0.3, 0.4) is 0 Å². The molecule has 1 aromatic rings. The van der Waals surface area contributed by atoms with E-state index >= 15 is 0 Å². The van der Waals surface area contributed by atoms with E-state index in [-0.39, 0.29) is 0 Å². The SMILES string of the molecule is Cc1cccc(CNCCC2CCC2)c1. The molecule has 0 spiro atoms. The molecule has 15 heavy (non-hydrogen) atoms. The minimum Gasteiger partial charge on any atom is -0.313 e. The molecule has 0 saturated heterocycles. The van der Waals surface area contributed by atoms with Crippen LogP contribution in [0.5, 0.6) is 0 Å². The van der Waals surface area contributed by atoms with Gasteiger partial charge in [0.1, 0.15) is 0 Å². The van der Waals surface area contributed by atoms with Crippen molar-refractivity contribution in [3.8, 4) is 0 Å². The minimum atomic E-state index is 1.02. The van der Waals surface area contributed by atoms with E-state index in [1.54, 1.807) is 0 Å². The summed E-state index contributed by atoms with van der Waals surface area (Å²) >= 11 is 0. The van der Waals surface area contributed by atoms with E-state index in [0.29, 0.717) is 0 Å². The first-order valence-electron chi connectivity index (χ1n) is 6.11. The summed E-state index contributed by atoms with van der Waals surface area (Å²) in [5.41, 5.74) is 2.76. The number of nitrogens with one attached hydrogen (secondary N) is 1. The van der Waals surface area contributed by atoms with Crippen LogP contribution < -0.4 is 5.32 Å². The van der Waals surface area contributed by atoms with Crippen LogP contribution in [0.2, 0.25) is 0 Å². The molecule has 0 radical (unpaired) electrons. The quantitative estimate of drug-likeness (QED) is 0.724. The second kappa shape index (κ2) is 5.32. The first-order valence-corrected chi connectivity index (χ1v) is 6.11. The second-order valence-corrected chi connectivity index (χ2v) is 4.75. The maximum Gasteiger partial charge on any atom is 0.0205 e. The lowest BCUT2D eigenvalue weighted by atomic mass is 9.83. The fraction of sp³-hybridized carbons (Fsp3) is 0.571. The van der Waals surface area contributed by atoms with Gasteiger partial charge in [0.25, 0.3) is 0 Å². The molecule has 82 valence electrons. The van der Waals surface area contributed by atoms with Gasteiger partial charge in [0.2, 0.25) is 0 Å². The molecule has 2 rings (SSSR count). The van der Waals surface area contributed by atoms with Gasteiger partial charge in [-0.25, -0.2) is 0 Å². The Morgan fingerprint density at radius 1 is 1.33 bits per heavy atom. The highest BCUT2D eigenvalue weighted by atomic mass is 14.8. The number of benzene rings is 1. The average Bonchev–Trinajstić information content (AvgIpc) is 2.15. The molecule has 0 unspecified atom stereocenters. The molecule has 0 aromatic heterocycles. The summed E-state index contributed by atoms with van der Waals surface area (Å²) in [7, 11) is 0. The van der Waals surface area contributed by atoms with Crippen molar-refractivity contribution in [2.24, 2.45) is 5.92 Å². The van der Waals surface area contributed by atoms with Gasteiger partial charge in [-0.05, 0) is 31.4 Å². The molecule has 0 atom stereocenters. The number of rotatable bonds is 5. The summed E-state index contributed by atoms with van der Waals surface area (Å²) in [5, 5.41) is 3.53. The van der Waals surface area contributed by atoms with Crippen LogP contribution in [0, 0.1) is 12.8 Å². The van der Waals surface area contributed by atoms with E-state index < -0.39 is 0 Å². The predicted octanol–water partition coefficient (Wildman–Crippen LogP) is 3.27. The molecular formula is C14H21N. The highest BCUT2D eigenvalue weighted by molar-refractivity contribution is 5.21. The van der Waals surface area contributed by atoms with E-state index in [0.717, 1.165) is 12.5 Å². The van der Waals surface area contributed by atoms with Crippen molar-refractivity contribution in [3.63, 3.8) is 0 Å². The van der Waals surface area contributed by atoms with E-state index in [1.807, 2.05) is 0 Å². The van der Waals surface area contributed by atoms with Gasteiger partial charge in [0, 0.05) is 6.54 Å². The van der Waals surface area contributed by atoms with Crippen molar-refractivity contribution in [1.82, 2.24) is 5.32 Å². The molecule has 0 heterocycles. The average molecular weight is 203 g/mol. The van der Waals surface area contributed by atoms with Gasteiger partial charge in [0.05, 0.1) is 0 Å². The van der Waals surface area contributed by atoms with Gasteiger partial charge in [-0.15, -0.1) is 0 Å². The van der Waals surface area contributed by atoms with E-state index in [4.69, 9.17) is 0 Å². The summed E-state index contributed by atoms with van der Waals surface area (Å²) in [6, 6.07) is 8.75. The lowest BCUT2D eigenvalue weighted by Crippen LogP contribution is -2.21. The Kier molecular flexibility index (Phi) is 3.79. The predicted molar refractivity (Wildman–Crippen MR) is 64.8 cm³/mol.